The molecule has 1 aromatic heterocycles. The van der Waals surface area contributed by atoms with Crippen molar-refractivity contribution >= 4 is 16.7 Å². The Hall–Kier alpha value is -1.61. The molecule has 1 fully saturated rings. The summed E-state index contributed by atoms with van der Waals surface area (Å²) >= 11 is 0. The van der Waals surface area contributed by atoms with Crippen LogP contribution in [0.5, 0.6) is 0 Å². The van der Waals surface area contributed by atoms with E-state index in [4.69, 9.17) is 0 Å². The lowest BCUT2D eigenvalue weighted by molar-refractivity contribution is 0.0766. The highest BCUT2D eigenvalue weighted by molar-refractivity contribution is 6.11. The van der Waals surface area contributed by atoms with E-state index in [-0.39, 0.29) is 11.8 Å². The van der Waals surface area contributed by atoms with Crippen LogP contribution in [0.4, 0.5) is 0 Å². The van der Waals surface area contributed by atoms with Crippen molar-refractivity contribution in [2.24, 2.45) is 5.92 Å². The third kappa shape index (κ3) is 2.62. The quantitative estimate of drug-likeness (QED) is 0.871. The minimum absolute atomic E-state index is 0.0364. The van der Waals surface area contributed by atoms with Crippen LogP contribution in [-0.2, 0) is 0 Å². The van der Waals surface area contributed by atoms with Gasteiger partial charge in [0.05, 0.1) is 6.04 Å². The number of aromatic amines is 1. The van der Waals surface area contributed by atoms with E-state index < -0.39 is 0 Å². The van der Waals surface area contributed by atoms with E-state index in [1.807, 2.05) is 31.2 Å². The number of hydrogen-bond acceptors (Lipinski definition) is 2. The lowest BCUT2D eigenvalue weighted by Gasteiger charge is -2.34. The van der Waals surface area contributed by atoms with E-state index >= 15 is 0 Å². The fraction of sp³-hybridized carbons (Fsp3) is 0.500. The molecular formula is C18H24N2O. The highest BCUT2D eigenvalue weighted by Gasteiger charge is 2.28. The van der Waals surface area contributed by atoms with Crippen LogP contribution in [-0.4, -0.2) is 34.8 Å². The van der Waals surface area contributed by atoms with Gasteiger partial charge in [-0.05, 0) is 45.2 Å². The summed E-state index contributed by atoms with van der Waals surface area (Å²) in [7, 11) is 0. The SMILES string of the molecule is Cc1[nH]c2ccccc2c1C(=O)[C@@H](C)N1CCC[C@@H](C)C1. The summed E-state index contributed by atoms with van der Waals surface area (Å²) in [6, 6.07) is 8.04. The predicted octanol–water partition coefficient (Wildman–Crippen LogP) is 3.78. The Morgan fingerprint density at radius 3 is 2.90 bits per heavy atom. The van der Waals surface area contributed by atoms with Gasteiger partial charge in [0, 0.05) is 28.7 Å². The van der Waals surface area contributed by atoms with Crippen LogP contribution in [0.1, 0.15) is 42.7 Å². The Morgan fingerprint density at radius 2 is 2.14 bits per heavy atom. The molecule has 3 rings (SSSR count). The molecule has 2 heterocycles. The fourth-order valence-corrected chi connectivity index (χ4v) is 3.55. The van der Waals surface area contributed by atoms with Gasteiger partial charge in [0.25, 0.3) is 0 Å². The van der Waals surface area contributed by atoms with E-state index in [9.17, 15) is 4.79 Å². The first-order chi connectivity index (χ1) is 10.1. The van der Waals surface area contributed by atoms with Gasteiger partial charge >= 0.3 is 0 Å². The maximum atomic E-state index is 13.0. The summed E-state index contributed by atoms with van der Waals surface area (Å²) in [5, 5.41) is 1.05. The number of benzene rings is 1. The number of nitrogens with one attached hydrogen (secondary N) is 1. The summed E-state index contributed by atoms with van der Waals surface area (Å²) in [6.07, 6.45) is 2.48. The fourth-order valence-electron chi connectivity index (χ4n) is 3.55. The molecule has 0 radical (unpaired) electrons. The first kappa shape index (κ1) is 14.3. The molecule has 1 aliphatic rings. The molecular weight excluding hydrogens is 260 g/mol. The van der Waals surface area contributed by atoms with Crippen molar-refractivity contribution in [1.82, 2.24) is 9.88 Å². The molecule has 1 saturated heterocycles. The molecule has 0 spiro atoms. The molecule has 2 atom stereocenters. The van der Waals surface area contributed by atoms with Crippen molar-refractivity contribution < 1.29 is 4.79 Å². The molecule has 0 amide bonds. The average molecular weight is 284 g/mol. The van der Waals surface area contributed by atoms with Crippen molar-refractivity contribution in [3.05, 3.63) is 35.5 Å². The monoisotopic (exact) mass is 284 g/mol. The van der Waals surface area contributed by atoms with Crippen molar-refractivity contribution in [3.8, 4) is 0 Å². The van der Waals surface area contributed by atoms with Crippen LogP contribution in [0.25, 0.3) is 10.9 Å². The molecule has 3 nitrogen and oxygen atoms in total. The van der Waals surface area contributed by atoms with Crippen molar-refractivity contribution in [2.45, 2.75) is 39.7 Å². The van der Waals surface area contributed by atoms with Gasteiger partial charge in [-0.3, -0.25) is 9.69 Å². The highest BCUT2D eigenvalue weighted by Crippen LogP contribution is 2.26. The van der Waals surface area contributed by atoms with Crippen molar-refractivity contribution in [3.63, 3.8) is 0 Å². The average Bonchev–Trinajstić information content (AvgIpc) is 2.81. The molecule has 0 saturated carbocycles. The Kier molecular flexibility index (Phi) is 3.85. The predicted molar refractivity (Wildman–Crippen MR) is 86.8 cm³/mol. The lowest BCUT2D eigenvalue weighted by atomic mass is 9.95. The Labute approximate surface area is 126 Å². The number of ketones is 1. The third-order valence-electron chi connectivity index (χ3n) is 4.76. The molecule has 1 aromatic carbocycles. The van der Waals surface area contributed by atoms with E-state index in [1.54, 1.807) is 0 Å². The van der Waals surface area contributed by atoms with E-state index in [1.165, 1.54) is 12.8 Å². The number of Topliss-reactive ketones (excluding diaryl/α,β-unsaturated/α-hetero) is 1. The number of rotatable bonds is 3. The number of para-hydroxylation sites is 1. The molecule has 0 bridgehead atoms. The number of piperidine rings is 1. The van der Waals surface area contributed by atoms with Crippen molar-refractivity contribution in [1.29, 1.82) is 0 Å². The van der Waals surface area contributed by atoms with E-state index in [0.29, 0.717) is 5.92 Å². The molecule has 112 valence electrons. The number of nitrogens with zero attached hydrogens (tertiary/aromatic N) is 1. The first-order valence-electron chi connectivity index (χ1n) is 7.93. The van der Waals surface area contributed by atoms with Crippen LogP contribution < -0.4 is 0 Å². The van der Waals surface area contributed by atoms with Crippen LogP contribution in [0.2, 0.25) is 0 Å². The number of carbonyl (C=O) groups is 1. The summed E-state index contributed by atoms with van der Waals surface area (Å²) in [6.45, 7) is 8.41. The van der Waals surface area contributed by atoms with Gasteiger partial charge in [0.1, 0.15) is 0 Å². The van der Waals surface area contributed by atoms with Gasteiger partial charge in [-0.1, -0.05) is 25.1 Å². The normalized spacial score (nSPS) is 21.6. The van der Waals surface area contributed by atoms with Crippen LogP contribution >= 0.6 is 0 Å². The zero-order valence-corrected chi connectivity index (χ0v) is 13.1. The molecule has 21 heavy (non-hydrogen) atoms. The molecule has 0 aliphatic carbocycles. The maximum Gasteiger partial charge on any atom is 0.182 e. The number of aryl methyl sites for hydroxylation is 1. The second-order valence-electron chi connectivity index (χ2n) is 6.45. The number of hydrogen-bond donors (Lipinski definition) is 1. The topological polar surface area (TPSA) is 36.1 Å². The van der Waals surface area contributed by atoms with Gasteiger partial charge in [0.15, 0.2) is 5.78 Å². The molecule has 0 unspecified atom stereocenters. The number of carbonyl (C=O) groups excluding carboxylic acids is 1. The summed E-state index contributed by atoms with van der Waals surface area (Å²) in [5.74, 6) is 0.942. The summed E-state index contributed by atoms with van der Waals surface area (Å²) in [4.78, 5) is 18.7. The standard InChI is InChI=1S/C18H24N2O/c1-12-7-6-10-20(11-12)14(3)18(21)17-13(2)19-16-9-5-4-8-15(16)17/h4-5,8-9,12,14,19H,6-7,10-11H2,1-3H3/t12-,14-/m1/s1. The van der Waals surface area contributed by atoms with Gasteiger partial charge in [-0.25, -0.2) is 0 Å². The third-order valence-corrected chi connectivity index (χ3v) is 4.76. The van der Waals surface area contributed by atoms with E-state index in [0.717, 1.165) is 35.2 Å². The second-order valence-corrected chi connectivity index (χ2v) is 6.45. The van der Waals surface area contributed by atoms with E-state index in [2.05, 4.69) is 23.7 Å². The Morgan fingerprint density at radius 1 is 1.38 bits per heavy atom. The number of fused-ring (bicyclic) bond motifs is 1. The summed E-state index contributed by atoms with van der Waals surface area (Å²) in [5.41, 5.74) is 2.91. The smallest absolute Gasteiger partial charge is 0.182 e. The van der Waals surface area contributed by atoms with Crippen LogP contribution in [0.3, 0.4) is 0 Å². The van der Waals surface area contributed by atoms with Crippen LogP contribution in [0.15, 0.2) is 24.3 Å². The minimum atomic E-state index is -0.0364. The zero-order valence-electron chi connectivity index (χ0n) is 13.1. The Bertz CT molecular complexity index is 658. The van der Waals surface area contributed by atoms with Crippen molar-refractivity contribution in [2.75, 3.05) is 13.1 Å². The minimum Gasteiger partial charge on any atom is -0.358 e. The van der Waals surface area contributed by atoms with Crippen LogP contribution in [0, 0.1) is 12.8 Å². The largest absolute Gasteiger partial charge is 0.358 e. The zero-order chi connectivity index (χ0) is 15.0. The highest BCUT2D eigenvalue weighted by atomic mass is 16.1. The molecule has 3 heteroatoms. The molecule has 1 N–H and O–H groups in total. The Balaban J connectivity index is 1.91. The maximum absolute atomic E-state index is 13.0. The first-order valence-corrected chi connectivity index (χ1v) is 7.93. The lowest BCUT2D eigenvalue weighted by Crippen LogP contribution is -2.44. The number of likely N-dealkylation sites (tertiary alicyclic amines) is 1. The summed E-state index contributed by atoms with van der Waals surface area (Å²) < 4.78 is 0. The van der Waals surface area contributed by atoms with Gasteiger partial charge in [-0.2, -0.15) is 0 Å². The van der Waals surface area contributed by atoms with Gasteiger partial charge < -0.3 is 4.98 Å². The molecule has 1 aliphatic heterocycles. The second kappa shape index (κ2) is 5.64. The van der Waals surface area contributed by atoms with Gasteiger partial charge in [0.2, 0.25) is 0 Å². The number of aromatic nitrogens is 1. The van der Waals surface area contributed by atoms with Gasteiger partial charge in [-0.15, -0.1) is 0 Å². The molecule has 2 aromatic rings. The number of H-pyrrole nitrogens is 1.